The average molecular weight is 367 g/mol. The molecular weight excluding hydrogens is 350 g/mol. The van der Waals surface area contributed by atoms with Gasteiger partial charge in [0, 0.05) is 34.9 Å². The third kappa shape index (κ3) is 4.17. The second-order valence-corrected chi connectivity index (χ2v) is 6.13. The van der Waals surface area contributed by atoms with Gasteiger partial charge in [0.2, 0.25) is 0 Å². The summed E-state index contributed by atoms with van der Waals surface area (Å²) in [7, 11) is 0. The number of aromatic amines is 1. The first kappa shape index (κ1) is 17.3. The van der Waals surface area contributed by atoms with Crippen molar-refractivity contribution in [2.24, 2.45) is 0 Å². The van der Waals surface area contributed by atoms with Gasteiger partial charge in [0.1, 0.15) is 0 Å². The highest BCUT2D eigenvalue weighted by Crippen LogP contribution is 2.15. The lowest BCUT2D eigenvalue weighted by Gasteiger charge is -2.07. The summed E-state index contributed by atoms with van der Waals surface area (Å²) >= 11 is 0. The largest absolute Gasteiger partial charge is 0.323 e. The molecule has 3 N–H and O–H groups in total. The van der Waals surface area contributed by atoms with E-state index >= 15 is 0 Å². The molecule has 0 radical (unpaired) electrons. The maximum Gasteiger partial charge on any atom is 0.323 e. The lowest BCUT2D eigenvalue weighted by Crippen LogP contribution is -2.19. The maximum atomic E-state index is 12.1. The number of anilines is 2. The van der Waals surface area contributed by atoms with Crippen LogP contribution in [-0.2, 0) is 6.42 Å². The fourth-order valence-corrected chi connectivity index (χ4v) is 2.79. The normalized spacial score (nSPS) is 10.1. The van der Waals surface area contributed by atoms with E-state index in [0.717, 1.165) is 27.7 Å². The Labute approximate surface area is 162 Å². The number of amides is 2. The number of hydrogen-bond donors (Lipinski definition) is 3. The Morgan fingerprint density at radius 2 is 1.79 bits per heavy atom. The van der Waals surface area contributed by atoms with Crippen LogP contribution in [0.1, 0.15) is 11.1 Å². The Kier molecular flexibility index (Phi) is 4.98. The maximum absolute atomic E-state index is 12.1. The molecular formula is C22H17N5O. The quantitative estimate of drug-likeness (QED) is 0.475. The van der Waals surface area contributed by atoms with E-state index in [2.05, 4.69) is 37.7 Å². The topological polar surface area (TPSA) is 82.7 Å². The Morgan fingerprint density at radius 3 is 2.68 bits per heavy atom. The van der Waals surface area contributed by atoms with Crippen LogP contribution in [0, 0.1) is 11.8 Å². The molecule has 0 aliphatic heterocycles. The molecule has 0 saturated heterocycles. The fraction of sp³-hybridized carbons (Fsp3) is 0.0455. The van der Waals surface area contributed by atoms with Gasteiger partial charge in [-0.3, -0.25) is 10.1 Å². The van der Waals surface area contributed by atoms with Crippen LogP contribution in [0.25, 0.3) is 10.9 Å². The van der Waals surface area contributed by atoms with Crippen molar-refractivity contribution in [3.63, 3.8) is 0 Å². The summed E-state index contributed by atoms with van der Waals surface area (Å²) < 4.78 is 0. The number of hydrogen-bond acceptors (Lipinski definition) is 3. The predicted octanol–water partition coefficient (Wildman–Crippen LogP) is 4.20. The van der Waals surface area contributed by atoms with Crippen molar-refractivity contribution in [2.75, 3.05) is 10.6 Å². The van der Waals surface area contributed by atoms with Crippen molar-refractivity contribution < 1.29 is 4.79 Å². The third-order valence-corrected chi connectivity index (χ3v) is 4.11. The van der Waals surface area contributed by atoms with Crippen LogP contribution in [0.3, 0.4) is 0 Å². The molecule has 0 aliphatic carbocycles. The first-order valence-electron chi connectivity index (χ1n) is 8.76. The van der Waals surface area contributed by atoms with E-state index in [1.165, 1.54) is 0 Å². The molecule has 4 rings (SSSR count). The fourth-order valence-electron chi connectivity index (χ4n) is 2.79. The number of para-hydroxylation sites is 1. The predicted molar refractivity (Wildman–Crippen MR) is 110 cm³/mol. The molecule has 4 aromatic rings. The van der Waals surface area contributed by atoms with Gasteiger partial charge >= 0.3 is 6.03 Å². The van der Waals surface area contributed by atoms with Crippen LogP contribution in [0.4, 0.5) is 16.2 Å². The van der Waals surface area contributed by atoms with E-state index in [0.29, 0.717) is 12.1 Å². The van der Waals surface area contributed by atoms with E-state index in [-0.39, 0.29) is 6.03 Å². The van der Waals surface area contributed by atoms with E-state index in [4.69, 9.17) is 0 Å². The standard InChI is InChI=1S/C22H17N5O/c28-22(25-18-9-2-1-3-10-18)26-19-11-5-7-16(12-19)6-4-8-17-13-23-15-21-20(17)14-24-27-21/h1-3,5,7,9-15H,8H2,(H,24,27)(H2,25,26,28). The Morgan fingerprint density at radius 1 is 0.964 bits per heavy atom. The molecule has 6 nitrogen and oxygen atoms in total. The van der Waals surface area contributed by atoms with Gasteiger partial charge in [-0.1, -0.05) is 36.1 Å². The van der Waals surface area contributed by atoms with Crippen LogP contribution >= 0.6 is 0 Å². The number of nitrogens with zero attached hydrogens (tertiary/aromatic N) is 2. The first-order valence-corrected chi connectivity index (χ1v) is 8.76. The zero-order valence-corrected chi connectivity index (χ0v) is 14.9. The van der Waals surface area contributed by atoms with Gasteiger partial charge in [0.25, 0.3) is 0 Å². The Bertz CT molecular complexity index is 1170. The van der Waals surface area contributed by atoms with E-state index in [1.54, 1.807) is 18.6 Å². The number of carbonyl (C=O) groups excluding carboxylic acids is 1. The molecule has 2 amide bonds. The minimum atomic E-state index is -0.297. The highest BCUT2D eigenvalue weighted by Gasteiger charge is 2.03. The molecule has 136 valence electrons. The SMILES string of the molecule is O=C(Nc1ccccc1)Nc1cccc(C#CCc2cncc3[nH]ncc23)c1. The molecule has 2 aromatic carbocycles. The molecule has 0 unspecified atom stereocenters. The lowest BCUT2D eigenvalue weighted by atomic mass is 10.1. The van der Waals surface area contributed by atoms with E-state index < -0.39 is 0 Å². The number of carbonyl (C=O) groups is 1. The number of H-pyrrole nitrogens is 1. The first-order chi connectivity index (χ1) is 13.8. The molecule has 0 spiro atoms. The van der Waals surface area contributed by atoms with Crippen LogP contribution < -0.4 is 10.6 Å². The monoisotopic (exact) mass is 367 g/mol. The summed E-state index contributed by atoms with van der Waals surface area (Å²) in [5.74, 6) is 6.29. The second-order valence-electron chi connectivity index (χ2n) is 6.13. The number of urea groups is 1. The summed E-state index contributed by atoms with van der Waals surface area (Å²) in [5, 5.41) is 13.6. The minimum Gasteiger partial charge on any atom is -0.308 e. The van der Waals surface area contributed by atoms with Crippen molar-refractivity contribution in [3.8, 4) is 11.8 Å². The van der Waals surface area contributed by atoms with Crippen molar-refractivity contribution in [1.82, 2.24) is 15.2 Å². The number of benzene rings is 2. The van der Waals surface area contributed by atoms with Gasteiger partial charge in [0.05, 0.1) is 17.9 Å². The molecule has 0 saturated carbocycles. The van der Waals surface area contributed by atoms with E-state index in [1.807, 2.05) is 54.6 Å². The van der Waals surface area contributed by atoms with Crippen molar-refractivity contribution in [3.05, 3.63) is 84.3 Å². The van der Waals surface area contributed by atoms with Gasteiger partial charge in [-0.15, -0.1) is 0 Å². The zero-order chi connectivity index (χ0) is 19.2. The summed E-state index contributed by atoms with van der Waals surface area (Å²) in [4.78, 5) is 16.3. The smallest absolute Gasteiger partial charge is 0.308 e. The van der Waals surface area contributed by atoms with Crippen molar-refractivity contribution >= 4 is 28.3 Å². The highest BCUT2D eigenvalue weighted by molar-refractivity contribution is 5.99. The Hall–Kier alpha value is -4.11. The van der Waals surface area contributed by atoms with Gasteiger partial charge in [-0.2, -0.15) is 5.10 Å². The number of fused-ring (bicyclic) bond motifs is 1. The molecule has 2 heterocycles. The van der Waals surface area contributed by atoms with Gasteiger partial charge in [0.15, 0.2) is 0 Å². The molecule has 0 atom stereocenters. The van der Waals surface area contributed by atoms with Crippen molar-refractivity contribution in [1.29, 1.82) is 0 Å². The summed E-state index contributed by atoms with van der Waals surface area (Å²) in [5.41, 5.74) is 4.16. The number of nitrogens with one attached hydrogen (secondary N) is 3. The second kappa shape index (κ2) is 8.06. The molecule has 28 heavy (non-hydrogen) atoms. The number of rotatable bonds is 3. The van der Waals surface area contributed by atoms with Crippen LogP contribution in [0.15, 0.2) is 73.2 Å². The molecule has 2 aromatic heterocycles. The van der Waals surface area contributed by atoms with Gasteiger partial charge < -0.3 is 10.6 Å². The molecule has 0 aliphatic rings. The van der Waals surface area contributed by atoms with Crippen molar-refractivity contribution in [2.45, 2.75) is 6.42 Å². The minimum absolute atomic E-state index is 0.297. The lowest BCUT2D eigenvalue weighted by molar-refractivity contribution is 0.262. The van der Waals surface area contributed by atoms with Crippen LogP contribution in [-0.4, -0.2) is 21.2 Å². The Balaban J connectivity index is 1.42. The molecule has 0 bridgehead atoms. The summed E-state index contributed by atoms with van der Waals surface area (Å²) in [6, 6.07) is 16.4. The van der Waals surface area contributed by atoms with Gasteiger partial charge in [-0.05, 0) is 35.9 Å². The van der Waals surface area contributed by atoms with Crippen LogP contribution in [0.2, 0.25) is 0 Å². The average Bonchev–Trinajstić information content (AvgIpc) is 3.19. The zero-order valence-electron chi connectivity index (χ0n) is 14.9. The van der Waals surface area contributed by atoms with Gasteiger partial charge in [-0.25, -0.2) is 4.79 Å². The molecule has 0 fully saturated rings. The highest BCUT2D eigenvalue weighted by atomic mass is 16.2. The third-order valence-electron chi connectivity index (χ3n) is 4.11. The number of aromatic nitrogens is 3. The summed E-state index contributed by atoms with van der Waals surface area (Å²) in [6.45, 7) is 0. The van der Waals surface area contributed by atoms with E-state index in [9.17, 15) is 4.79 Å². The van der Waals surface area contributed by atoms with Crippen LogP contribution in [0.5, 0.6) is 0 Å². The summed E-state index contributed by atoms with van der Waals surface area (Å²) in [6.07, 6.45) is 5.90. The number of pyridine rings is 1. The molecule has 6 heteroatoms.